The van der Waals surface area contributed by atoms with Gasteiger partial charge in [0, 0.05) is 6.07 Å². The number of ether oxygens (including phenoxy) is 1. The minimum atomic E-state index is -2.75. The highest BCUT2D eigenvalue weighted by molar-refractivity contribution is 6.99. The number of hydrogen-bond donors (Lipinski definition) is 1. The van der Waals surface area contributed by atoms with Gasteiger partial charge in [-0.3, -0.25) is 15.0 Å². The summed E-state index contributed by atoms with van der Waals surface area (Å²) in [5.74, 6) is -0.0809. The van der Waals surface area contributed by atoms with Crippen LogP contribution >= 0.6 is 0 Å². The molecule has 0 spiro atoms. The van der Waals surface area contributed by atoms with Crippen molar-refractivity contribution in [1.82, 2.24) is 4.90 Å². The predicted octanol–water partition coefficient (Wildman–Crippen LogP) is 5.21. The second-order valence-electron chi connectivity index (χ2n) is 12.4. The summed E-state index contributed by atoms with van der Waals surface area (Å²) in [6, 6.07) is 26.2. The minimum Gasteiger partial charge on any atom is -0.502 e. The lowest BCUT2D eigenvalue weighted by atomic mass is 9.85. The van der Waals surface area contributed by atoms with Crippen LogP contribution in [0.2, 0.25) is 5.04 Å². The minimum absolute atomic E-state index is 0.106. The smallest absolute Gasteiger partial charge is 0.310 e. The Hall–Kier alpha value is -3.04. The number of rotatable bonds is 7. The summed E-state index contributed by atoms with van der Waals surface area (Å²) in [6.07, 6.45) is 1.65. The molecule has 2 heterocycles. The van der Waals surface area contributed by atoms with Gasteiger partial charge in [-0.15, -0.1) is 0 Å². The van der Waals surface area contributed by atoms with E-state index in [1.807, 2.05) is 6.07 Å². The van der Waals surface area contributed by atoms with Gasteiger partial charge in [0.25, 0.3) is 8.32 Å². The summed E-state index contributed by atoms with van der Waals surface area (Å²) in [6.45, 7) is 12.0. The van der Waals surface area contributed by atoms with Gasteiger partial charge in [-0.25, -0.2) is 0 Å². The quantitative estimate of drug-likeness (QED) is 0.243. The Morgan fingerprint density at radius 2 is 1.57 bits per heavy atom. The van der Waals surface area contributed by atoms with Crippen LogP contribution in [-0.4, -0.2) is 61.2 Å². The van der Waals surface area contributed by atoms with Crippen LogP contribution in [0.25, 0.3) is 0 Å². The van der Waals surface area contributed by atoms with Crippen LogP contribution in [0.4, 0.5) is 5.69 Å². The average Bonchev–Trinajstić information content (AvgIpc) is 3.33. The Labute approximate surface area is 238 Å². The van der Waals surface area contributed by atoms with Gasteiger partial charge in [0.05, 0.1) is 29.8 Å². The van der Waals surface area contributed by atoms with Crippen molar-refractivity contribution in [2.24, 2.45) is 0 Å². The van der Waals surface area contributed by atoms with E-state index in [-0.39, 0.29) is 34.0 Å². The van der Waals surface area contributed by atoms with E-state index in [9.17, 15) is 15.2 Å². The van der Waals surface area contributed by atoms with E-state index in [0.717, 1.165) is 31.5 Å². The summed E-state index contributed by atoms with van der Waals surface area (Å²) in [4.78, 5) is 13.4. The number of likely N-dealkylation sites (tertiary alicyclic amines) is 1. The zero-order chi connectivity index (χ0) is 28.5. The Morgan fingerprint density at radius 1 is 1.00 bits per heavy atom. The highest BCUT2D eigenvalue weighted by atomic mass is 28.4. The van der Waals surface area contributed by atoms with Crippen molar-refractivity contribution in [1.29, 1.82) is 0 Å². The third-order valence-electron chi connectivity index (χ3n) is 8.98. The van der Waals surface area contributed by atoms with Gasteiger partial charge in [0.2, 0.25) is 0 Å². The molecule has 2 fully saturated rings. The molecule has 212 valence electrons. The fourth-order valence-corrected chi connectivity index (χ4v) is 11.4. The van der Waals surface area contributed by atoms with E-state index in [0.29, 0.717) is 13.2 Å². The molecule has 0 saturated carbocycles. The molecule has 5 rings (SSSR count). The highest BCUT2D eigenvalue weighted by Gasteiger charge is 2.56. The molecule has 1 N–H and O–H groups in total. The van der Waals surface area contributed by atoms with E-state index in [4.69, 9.17) is 9.16 Å². The van der Waals surface area contributed by atoms with Gasteiger partial charge in [-0.1, -0.05) is 87.5 Å². The maximum atomic E-state index is 11.4. The molecule has 0 aliphatic carbocycles. The summed E-state index contributed by atoms with van der Waals surface area (Å²) in [5.41, 5.74) is 0.394. The first-order valence-corrected chi connectivity index (χ1v) is 16.1. The van der Waals surface area contributed by atoms with Crippen molar-refractivity contribution in [3.63, 3.8) is 0 Å². The highest BCUT2D eigenvalue weighted by Crippen LogP contribution is 2.42. The molecule has 2 unspecified atom stereocenters. The summed E-state index contributed by atoms with van der Waals surface area (Å²) >= 11 is 0. The molecular formula is C32H40N2O5Si. The summed E-state index contributed by atoms with van der Waals surface area (Å²) < 4.78 is 13.7. The third kappa shape index (κ3) is 5.09. The molecule has 0 amide bonds. The number of phenolic OH excluding ortho intramolecular Hbond substituents is 1. The van der Waals surface area contributed by atoms with Gasteiger partial charge in [-0.2, -0.15) is 0 Å². The topological polar surface area (TPSA) is 85.1 Å². The first-order valence-electron chi connectivity index (χ1n) is 14.2. The number of nitrogens with zero attached hydrogens (tertiary/aromatic N) is 2. The molecule has 0 aromatic heterocycles. The Kier molecular flexibility index (Phi) is 7.89. The second kappa shape index (κ2) is 11.1. The van der Waals surface area contributed by atoms with E-state index in [2.05, 4.69) is 93.3 Å². The van der Waals surface area contributed by atoms with Gasteiger partial charge >= 0.3 is 5.69 Å². The number of aromatic hydroxyl groups is 1. The van der Waals surface area contributed by atoms with E-state index >= 15 is 0 Å². The third-order valence-corrected chi connectivity index (χ3v) is 14.0. The zero-order valence-electron chi connectivity index (χ0n) is 23.9. The fraction of sp³-hybridized carbons (Fsp3) is 0.438. The number of nitro benzene ring substituents is 1. The normalized spacial score (nSPS) is 22.9. The largest absolute Gasteiger partial charge is 0.502 e. The van der Waals surface area contributed by atoms with Gasteiger partial charge < -0.3 is 14.3 Å². The lowest BCUT2D eigenvalue weighted by molar-refractivity contribution is -0.385. The van der Waals surface area contributed by atoms with Gasteiger partial charge in [-0.05, 0) is 65.8 Å². The Morgan fingerprint density at radius 3 is 2.10 bits per heavy atom. The molecule has 8 heteroatoms. The molecule has 0 radical (unpaired) electrons. The van der Waals surface area contributed by atoms with E-state index in [1.165, 1.54) is 22.5 Å². The van der Waals surface area contributed by atoms with Crippen LogP contribution in [-0.2, 0) is 9.16 Å². The molecule has 7 nitrogen and oxygen atoms in total. The van der Waals surface area contributed by atoms with Crippen molar-refractivity contribution >= 4 is 24.4 Å². The molecule has 40 heavy (non-hydrogen) atoms. The molecule has 2 atom stereocenters. The standard InChI is InChI=1S/C32H40N2O5Si/c1-31(2,3)40(26-11-7-5-8-12-26,27-13-9-6-10-14-27)39-30-22-38-23-32(30,4)33-19-17-24(18-20-33)25-15-16-29(35)28(21-25)34(36)37/h5-16,21,24,30,35H,17-20,22-23H2,1-4H3. The average molecular weight is 561 g/mol. The Balaban J connectivity index is 1.42. The molecule has 0 bridgehead atoms. The second-order valence-corrected chi connectivity index (χ2v) is 16.7. The number of benzene rings is 3. The van der Waals surface area contributed by atoms with Crippen molar-refractivity contribution in [3.8, 4) is 5.75 Å². The van der Waals surface area contributed by atoms with Crippen LogP contribution < -0.4 is 10.4 Å². The molecule has 2 saturated heterocycles. The van der Waals surface area contributed by atoms with Crippen molar-refractivity contribution in [2.75, 3.05) is 26.3 Å². The van der Waals surface area contributed by atoms with Crippen LogP contribution in [0.1, 0.15) is 52.0 Å². The zero-order valence-corrected chi connectivity index (χ0v) is 24.9. The SMILES string of the molecule is CC1(N2CCC(c3ccc(O)c([N+](=O)[O-])c3)CC2)COCC1O[Si](c1ccccc1)(c1ccccc1)C(C)(C)C. The van der Waals surface area contributed by atoms with E-state index in [1.54, 1.807) is 0 Å². The molecule has 3 aromatic carbocycles. The van der Waals surface area contributed by atoms with E-state index < -0.39 is 13.2 Å². The van der Waals surface area contributed by atoms with Crippen molar-refractivity contribution in [2.45, 2.75) is 63.1 Å². The molecule has 2 aliphatic heterocycles. The number of phenols is 1. The lowest BCUT2D eigenvalue weighted by Gasteiger charge is -2.50. The van der Waals surface area contributed by atoms with Crippen molar-refractivity contribution in [3.05, 3.63) is 94.5 Å². The maximum absolute atomic E-state index is 11.4. The van der Waals surface area contributed by atoms with Crippen LogP contribution in [0.15, 0.2) is 78.9 Å². The molecule has 2 aliphatic rings. The van der Waals surface area contributed by atoms with Gasteiger partial charge in [0.1, 0.15) is 0 Å². The van der Waals surface area contributed by atoms with Crippen LogP contribution in [0, 0.1) is 10.1 Å². The number of piperidine rings is 1. The lowest BCUT2D eigenvalue weighted by Crippen LogP contribution is -2.70. The number of nitro groups is 1. The first kappa shape index (κ1) is 28.5. The predicted molar refractivity (Wildman–Crippen MR) is 160 cm³/mol. The van der Waals surface area contributed by atoms with Crippen LogP contribution in [0.5, 0.6) is 5.75 Å². The van der Waals surface area contributed by atoms with Gasteiger partial charge in [0.15, 0.2) is 5.75 Å². The summed E-state index contributed by atoms with van der Waals surface area (Å²) in [5, 5.41) is 23.7. The monoisotopic (exact) mass is 560 g/mol. The fourth-order valence-electron chi connectivity index (χ4n) is 6.67. The number of hydrogen-bond acceptors (Lipinski definition) is 6. The first-order chi connectivity index (χ1) is 19.1. The Bertz CT molecular complexity index is 1280. The molecule has 3 aromatic rings. The van der Waals surface area contributed by atoms with Crippen LogP contribution in [0.3, 0.4) is 0 Å². The molecular weight excluding hydrogens is 520 g/mol. The van der Waals surface area contributed by atoms with Crippen molar-refractivity contribution < 1.29 is 19.2 Å². The maximum Gasteiger partial charge on any atom is 0.310 e. The summed E-state index contributed by atoms with van der Waals surface area (Å²) in [7, 11) is -2.75.